The van der Waals surface area contributed by atoms with Crippen molar-refractivity contribution < 1.29 is 13.2 Å². The minimum absolute atomic E-state index is 0.000515. The molecule has 0 bridgehead atoms. The van der Waals surface area contributed by atoms with Gasteiger partial charge in [-0.1, -0.05) is 0 Å². The SMILES string of the molecule is Cc1ncc(CN2CCC3(CC2)C[C@H](NS(C)(=O)=O)CCO3)[nH]1. The van der Waals surface area contributed by atoms with E-state index in [1.165, 1.54) is 6.26 Å². The molecule has 2 saturated heterocycles. The molecule has 130 valence electrons. The highest BCUT2D eigenvalue weighted by atomic mass is 32.2. The number of rotatable bonds is 4. The molecule has 1 aromatic heterocycles. The zero-order chi connectivity index (χ0) is 16.5. The van der Waals surface area contributed by atoms with Crippen molar-refractivity contribution in [1.29, 1.82) is 0 Å². The minimum Gasteiger partial charge on any atom is -0.375 e. The molecule has 1 aromatic rings. The second kappa shape index (κ2) is 6.51. The maximum Gasteiger partial charge on any atom is 0.208 e. The molecule has 2 aliphatic heterocycles. The molecule has 0 aliphatic carbocycles. The second-order valence-corrected chi connectivity index (χ2v) is 8.66. The first-order valence-corrected chi connectivity index (χ1v) is 10.1. The monoisotopic (exact) mass is 342 g/mol. The number of imidazole rings is 1. The third-order valence-electron chi connectivity index (χ3n) is 4.79. The van der Waals surface area contributed by atoms with E-state index in [0.717, 1.165) is 56.8 Å². The van der Waals surface area contributed by atoms with Gasteiger partial charge in [0.25, 0.3) is 0 Å². The first-order chi connectivity index (χ1) is 10.8. The Labute approximate surface area is 137 Å². The quantitative estimate of drug-likeness (QED) is 0.844. The Kier molecular flexibility index (Phi) is 4.78. The standard InChI is InChI=1S/C15H26N4O3S/c1-12-16-10-14(17-12)11-19-6-4-15(5-7-19)9-13(3-8-22-15)18-23(2,20)21/h10,13,18H,3-9,11H2,1-2H3,(H,16,17)/t13-/m1/s1. The highest BCUT2D eigenvalue weighted by Gasteiger charge is 2.40. The van der Waals surface area contributed by atoms with Crippen LogP contribution in [0.2, 0.25) is 0 Å². The number of H-pyrrole nitrogens is 1. The Bertz CT molecular complexity index is 635. The summed E-state index contributed by atoms with van der Waals surface area (Å²) in [7, 11) is -3.16. The molecule has 0 amide bonds. The Hall–Kier alpha value is -0.960. The molecule has 0 aromatic carbocycles. The number of aromatic nitrogens is 2. The maximum absolute atomic E-state index is 11.5. The fourth-order valence-corrected chi connectivity index (χ4v) is 4.50. The van der Waals surface area contributed by atoms with Crippen LogP contribution in [0.25, 0.3) is 0 Å². The van der Waals surface area contributed by atoms with Gasteiger partial charge in [-0.15, -0.1) is 0 Å². The van der Waals surface area contributed by atoms with E-state index in [0.29, 0.717) is 6.61 Å². The molecule has 2 fully saturated rings. The van der Waals surface area contributed by atoms with E-state index in [-0.39, 0.29) is 11.6 Å². The number of piperidine rings is 1. The van der Waals surface area contributed by atoms with E-state index < -0.39 is 10.0 Å². The molecular formula is C15H26N4O3S. The van der Waals surface area contributed by atoms with Crippen molar-refractivity contribution in [3.05, 3.63) is 17.7 Å². The lowest BCUT2D eigenvalue weighted by molar-refractivity contribution is -0.118. The molecule has 3 rings (SSSR count). The van der Waals surface area contributed by atoms with Crippen molar-refractivity contribution >= 4 is 10.0 Å². The number of ether oxygens (including phenoxy) is 1. The van der Waals surface area contributed by atoms with Crippen LogP contribution in [0.15, 0.2) is 6.20 Å². The molecule has 0 saturated carbocycles. The van der Waals surface area contributed by atoms with E-state index in [9.17, 15) is 8.42 Å². The summed E-state index contributed by atoms with van der Waals surface area (Å²) in [6, 6.07) is 0.000515. The average Bonchev–Trinajstić information content (AvgIpc) is 2.85. The van der Waals surface area contributed by atoms with Gasteiger partial charge in [0.2, 0.25) is 10.0 Å². The minimum atomic E-state index is -3.16. The Morgan fingerprint density at radius 3 is 2.83 bits per heavy atom. The number of hydrogen-bond acceptors (Lipinski definition) is 5. The van der Waals surface area contributed by atoms with Crippen LogP contribution in [0.5, 0.6) is 0 Å². The van der Waals surface area contributed by atoms with Gasteiger partial charge in [0.15, 0.2) is 0 Å². The first-order valence-electron chi connectivity index (χ1n) is 8.18. The summed E-state index contributed by atoms with van der Waals surface area (Å²) in [5.74, 6) is 0.943. The molecule has 8 heteroatoms. The van der Waals surface area contributed by atoms with Gasteiger partial charge in [-0.25, -0.2) is 18.1 Å². The summed E-state index contributed by atoms with van der Waals surface area (Å²) >= 11 is 0. The normalized spacial score (nSPS) is 25.7. The first kappa shape index (κ1) is 16.9. The van der Waals surface area contributed by atoms with Crippen molar-refractivity contribution in [2.24, 2.45) is 0 Å². The van der Waals surface area contributed by atoms with Crippen LogP contribution < -0.4 is 4.72 Å². The highest BCUT2D eigenvalue weighted by Crippen LogP contribution is 2.35. The van der Waals surface area contributed by atoms with Gasteiger partial charge < -0.3 is 9.72 Å². The molecule has 0 unspecified atom stereocenters. The number of hydrogen-bond donors (Lipinski definition) is 2. The number of sulfonamides is 1. The smallest absolute Gasteiger partial charge is 0.208 e. The summed E-state index contributed by atoms with van der Waals surface area (Å²) in [6.45, 7) is 5.39. The number of likely N-dealkylation sites (tertiary alicyclic amines) is 1. The van der Waals surface area contributed by atoms with Crippen molar-refractivity contribution in [1.82, 2.24) is 19.6 Å². The van der Waals surface area contributed by atoms with Crippen molar-refractivity contribution in [2.45, 2.75) is 50.8 Å². The van der Waals surface area contributed by atoms with Crippen LogP contribution in [0, 0.1) is 6.92 Å². The van der Waals surface area contributed by atoms with E-state index in [4.69, 9.17) is 4.74 Å². The lowest BCUT2D eigenvalue weighted by Crippen LogP contribution is -2.53. The van der Waals surface area contributed by atoms with Crippen LogP contribution >= 0.6 is 0 Å². The van der Waals surface area contributed by atoms with Crippen LogP contribution in [0.1, 0.15) is 37.2 Å². The second-order valence-electron chi connectivity index (χ2n) is 6.88. The molecule has 3 heterocycles. The number of aryl methyl sites for hydroxylation is 1. The molecule has 1 spiro atoms. The summed E-state index contributed by atoms with van der Waals surface area (Å²) in [4.78, 5) is 9.90. The maximum atomic E-state index is 11.5. The number of aromatic amines is 1. The predicted octanol–water partition coefficient (Wildman–Crippen LogP) is 0.781. The van der Waals surface area contributed by atoms with Gasteiger partial charge in [-0.3, -0.25) is 4.90 Å². The molecule has 7 nitrogen and oxygen atoms in total. The fourth-order valence-electron chi connectivity index (χ4n) is 3.69. The Morgan fingerprint density at radius 2 is 2.22 bits per heavy atom. The zero-order valence-corrected chi connectivity index (χ0v) is 14.7. The number of nitrogens with zero attached hydrogens (tertiary/aromatic N) is 2. The lowest BCUT2D eigenvalue weighted by atomic mass is 9.82. The summed E-state index contributed by atoms with van der Waals surface area (Å²) < 4.78 is 31.7. The third kappa shape index (κ3) is 4.53. The Morgan fingerprint density at radius 1 is 1.48 bits per heavy atom. The van der Waals surface area contributed by atoms with Gasteiger partial charge in [-0.2, -0.15) is 0 Å². The predicted molar refractivity (Wildman–Crippen MR) is 87.5 cm³/mol. The van der Waals surface area contributed by atoms with Gasteiger partial charge in [0.05, 0.1) is 11.9 Å². The molecule has 23 heavy (non-hydrogen) atoms. The largest absolute Gasteiger partial charge is 0.375 e. The van der Waals surface area contributed by atoms with Crippen molar-refractivity contribution in [2.75, 3.05) is 26.0 Å². The van der Waals surface area contributed by atoms with Crippen LogP contribution in [0.4, 0.5) is 0 Å². The number of nitrogens with one attached hydrogen (secondary N) is 2. The average molecular weight is 342 g/mol. The lowest BCUT2D eigenvalue weighted by Gasteiger charge is -2.46. The summed E-state index contributed by atoms with van der Waals surface area (Å²) in [5.41, 5.74) is 0.973. The molecule has 2 aliphatic rings. The molecule has 2 N–H and O–H groups in total. The van der Waals surface area contributed by atoms with E-state index in [2.05, 4.69) is 19.6 Å². The van der Waals surface area contributed by atoms with Crippen LogP contribution in [-0.4, -0.2) is 60.9 Å². The van der Waals surface area contributed by atoms with E-state index >= 15 is 0 Å². The van der Waals surface area contributed by atoms with Crippen LogP contribution in [-0.2, 0) is 21.3 Å². The van der Waals surface area contributed by atoms with Crippen LogP contribution in [0.3, 0.4) is 0 Å². The highest BCUT2D eigenvalue weighted by molar-refractivity contribution is 7.88. The van der Waals surface area contributed by atoms with Gasteiger partial charge >= 0.3 is 0 Å². The summed E-state index contributed by atoms with van der Waals surface area (Å²) in [5, 5.41) is 0. The third-order valence-corrected chi connectivity index (χ3v) is 5.55. The summed E-state index contributed by atoms with van der Waals surface area (Å²) in [6.07, 6.45) is 6.54. The van der Waals surface area contributed by atoms with Gasteiger partial charge in [0.1, 0.15) is 5.82 Å². The van der Waals surface area contributed by atoms with E-state index in [1.54, 1.807) is 0 Å². The van der Waals surface area contributed by atoms with Gasteiger partial charge in [0, 0.05) is 44.2 Å². The van der Waals surface area contributed by atoms with Crippen molar-refractivity contribution in [3.8, 4) is 0 Å². The topological polar surface area (TPSA) is 87.3 Å². The molecule has 0 radical (unpaired) electrons. The Balaban J connectivity index is 1.54. The van der Waals surface area contributed by atoms with E-state index in [1.807, 2.05) is 13.1 Å². The molecular weight excluding hydrogens is 316 g/mol. The van der Waals surface area contributed by atoms with Crippen molar-refractivity contribution in [3.63, 3.8) is 0 Å². The molecule has 1 atom stereocenters. The fraction of sp³-hybridized carbons (Fsp3) is 0.800. The van der Waals surface area contributed by atoms with Gasteiger partial charge in [-0.05, 0) is 32.6 Å². The zero-order valence-electron chi connectivity index (χ0n) is 13.8.